The van der Waals surface area contributed by atoms with Crippen molar-refractivity contribution in [1.29, 1.82) is 0 Å². The van der Waals surface area contributed by atoms with E-state index < -0.39 is 16.2 Å². The predicted molar refractivity (Wildman–Crippen MR) is 91.7 cm³/mol. The molecule has 1 saturated heterocycles. The number of likely N-dealkylation sites (N-methyl/N-ethyl adjacent to an activating group) is 1. The maximum Gasteiger partial charge on any atom is 0.304 e. The molecule has 0 saturated carbocycles. The highest BCUT2D eigenvalue weighted by molar-refractivity contribution is 7.87. The van der Waals surface area contributed by atoms with Gasteiger partial charge in [-0.25, -0.2) is 4.72 Å². The third-order valence-electron chi connectivity index (χ3n) is 4.56. The van der Waals surface area contributed by atoms with Crippen LogP contribution >= 0.6 is 0 Å². The van der Waals surface area contributed by atoms with Gasteiger partial charge in [-0.3, -0.25) is 9.69 Å². The summed E-state index contributed by atoms with van der Waals surface area (Å²) in [5, 5.41) is 8.91. The summed E-state index contributed by atoms with van der Waals surface area (Å²) < 4.78 is 28.6. The highest BCUT2D eigenvalue weighted by atomic mass is 32.2. The van der Waals surface area contributed by atoms with E-state index >= 15 is 0 Å². The van der Waals surface area contributed by atoms with Gasteiger partial charge in [0, 0.05) is 32.2 Å². The Balaban J connectivity index is 1.87. The molecule has 0 radical (unpaired) electrons. The number of likely N-dealkylation sites (tertiary alicyclic amines) is 1. The van der Waals surface area contributed by atoms with Crippen LogP contribution in [-0.2, 0) is 21.5 Å². The smallest absolute Gasteiger partial charge is 0.304 e. The van der Waals surface area contributed by atoms with Crippen LogP contribution in [0.15, 0.2) is 30.3 Å². The number of benzene rings is 1. The number of carbonyl (C=O) groups is 1. The van der Waals surface area contributed by atoms with Crippen LogP contribution in [0, 0.1) is 0 Å². The molecule has 1 aromatic rings. The van der Waals surface area contributed by atoms with Crippen molar-refractivity contribution in [2.24, 2.45) is 0 Å². The Morgan fingerprint density at radius 3 is 2.54 bits per heavy atom. The molecule has 7 nitrogen and oxygen atoms in total. The van der Waals surface area contributed by atoms with E-state index in [1.165, 1.54) is 4.31 Å². The number of carboxylic acids is 1. The van der Waals surface area contributed by atoms with Gasteiger partial charge in [0.15, 0.2) is 0 Å². The minimum atomic E-state index is -3.57. The minimum absolute atomic E-state index is 0.0225. The van der Waals surface area contributed by atoms with Gasteiger partial charge in [-0.2, -0.15) is 12.7 Å². The van der Waals surface area contributed by atoms with Crippen LogP contribution in [0.4, 0.5) is 0 Å². The number of rotatable bonds is 8. The highest BCUT2D eigenvalue weighted by Gasteiger charge is 2.32. The van der Waals surface area contributed by atoms with E-state index in [4.69, 9.17) is 5.11 Å². The second-order valence-electron chi connectivity index (χ2n) is 6.24. The van der Waals surface area contributed by atoms with Crippen molar-refractivity contribution in [1.82, 2.24) is 13.9 Å². The van der Waals surface area contributed by atoms with E-state index in [1.807, 2.05) is 42.3 Å². The summed E-state index contributed by atoms with van der Waals surface area (Å²) in [7, 11) is -0.173. The first-order valence-corrected chi connectivity index (χ1v) is 9.42. The Morgan fingerprint density at radius 1 is 1.29 bits per heavy atom. The lowest BCUT2D eigenvalue weighted by molar-refractivity contribution is -0.138. The normalized spacial score (nSPS) is 22.1. The Bertz CT molecular complexity index is 651. The van der Waals surface area contributed by atoms with Crippen molar-refractivity contribution in [3.05, 3.63) is 35.9 Å². The average molecular weight is 355 g/mol. The Kier molecular flexibility index (Phi) is 6.34. The van der Waals surface area contributed by atoms with E-state index in [9.17, 15) is 13.2 Å². The van der Waals surface area contributed by atoms with E-state index in [2.05, 4.69) is 4.72 Å². The lowest BCUT2D eigenvalue weighted by atomic mass is 10.1. The highest BCUT2D eigenvalue weighted by Crippen LogP contribution is 2.24. The first-order valence-electron chi connectivity index (χ1n) is 7.98. The number of carboxylic acid groups (broad SMARTS) is 1. The number of hydrogen-bond acceptors (Lipinski definition) is 4. The summed E-state index contributed by atoms with van der Waals surface area (Å²) >= 11 is 0. The summed E-state index contributed by atoms with van der Waals surface area (Å²) in [4.78, 5) is 12.8. The minimum Gasteiger partial charge on any atom is -0.481 e. The summed E-state index contributed by atoms with van der Waals surface area (Å²) in [6, 6.07) is 9.40. The Labute approximate surface area is 143 Å². The van der Waals surface area contributed by atoms with Gasteiger partial charge >= 0.3 is 5.97 Å². The number of hydrogen-bond donors (Lipinski definition) is 2. The molecule has 1 aliphatic rings. The Hall–Kier alpha value is -1.48. The molecule has 2 atom stereocenters. The van der Waals surface area contributed by atoms with Gasteiger partial charge in [0.05, 0.1) is 6.42 Å². The maximum absolute atomic E-state index is 12.4. The SMILES string of the molecule is CN1[C@@H](CC(=O)O)CC[C@H]1CNS(=O)(=O)N(C)Cc1ccccc1. The third kappa shape index (κ3) is 5.01. The van der Waals surface area contributed by atoms with E-state index in [0.29, 0.717) is 6.54 Å². The monoisotopic (exact) mass is 355 g/mol. The van der Waals surface area contributed by atoms with E-state index in [-0.39, 0.29) is 25.0 Å². The quantitative estimate of drug-likeness (QED) is 0.723. The molecule has 134 valence electrons. The van der Waals surface area contributed by atoms with Gasteiger partial charge in [0.1, 0.15) is 0 Å². The molecule has 0 unspecified atom stereocenters. The van der Waals surface area contributed by atoms with Crippen LogP contribution in [0.3, 0.4) is 0 Å². The molecule has 2 N–H and O–H groups in total. The van der Waals surface area contributed by atoms with Crippen LogP contribution in [0.1, 0.15) is 24.8 Å². The van der Waals surface area contributed by atoms with Crippen molar-refractivity contribution in [3.8, 4) is 0 Å². The fourth-order valence-corrected chi connectivity index (χ4v) is 3.96. The third-order valence-corrected chi connectivity index (χ3v) is 6.04. The zero-order valence-electron chi connectivity index (χ0n) is 14.1. The van der Waals surface area contributed by atoms with Gasteiger partial charge in [-0.05, 0) is 25.5 Å². The molecule has 0 amide bonds. The Morgan fingerprint density at radius 2 is 1.92 bits per heavy atom. The second-order valence-corrected chi connectivity index (χ2v) is 8.11. The summed E-state index contributed by atoms with van der Waals surface area (Å²) in [6.45, 7) is 0.590. The zero-order chi connectivity index (χ0) is 17.7. The molecule has 0 spiro atoms. The van der Waals surface area contributed by atoms with E-state index in [0.717, 1.165) is 18.4 Å². The molecule has 0 aromatic heterocycles. The van der Waals surface area contributed by atoms with Crippen molar-refractivity contribution in [3.63, 3.8) is 0 Å². The maximum atomic E-state index is 12.4. The topological polar surface area (TPSA) is 90.0 Å². The van der Waals surface area contributed by atoms with Crippen LogP contribution in [-0.4, -0.2) is 61.4 Å². The summed E-state index contributed by atoms with van der Waals surface area (Å²) in [5.74, 6) is -0.823. The molecule has 1 aliphatic heterocycles. The summed E-state index contributed by atoms with van der Waals surface area (Å²) in [6.07, 6.45) is 1.65. The number of aliphatic carboxylic acids is 1. The van der Waals surface area contributed by atoms with Crippen LogP contribution in [0.5, 0.6) is 0 Å². The first-order chi connectivity index (χ1) is 11.3. The lowest BCUT2D eigenvalue weighted by Gasteiger charge is -2.26. The van der Waals surface area contributed by atoms with Crippen molar-refractivity contribution < 1.29 is 18.3 Å². The molecule has 8 heteroatoms. The molecule has 1 heterocycles. The van der Waals surface area contributed by atoms with Crippen molar-refractivity contribution in [2.45, 2.75) is 37.9 Å². The average Bonchev–Trinajstić information content (AvgIpc) is 2.86. The van der Waals surface area contributed by atoms with Crippen molar-refractivity contribution >= 4 is 16.2 Å². The molecule has 1 aromatic carbocycles. The molecule has 1 fully saturated rings. The molecular weight excluding hydrogens is 330 g/mol. The first kappa shape index (κ1) is 18.9. The fraction of sp³-hybridized carbons (Fsp3) is 0.562. The number of nitrogens with one attached hydrogen (secondary N) is 1. The van der Waals surface area contributed by atoms with Crippen LogP contribution in [0.25, 0.3) is 0 Å². The van der Waals surface area contributed by atoms with Gasteiger partial charge in [-0.15, -0.1) is 0 Å². The summed E-state index contributed by atoms with van der Waals surface area (Å²) in [5.41, 5.74) is 0.921. The molecule has 24 heavy (non-hydrogen) atoms. The number of nitrogens with zero attached hydrogens (tertiary/aromatic N) is 2. The standard InChI is InChI=1S/C16H25N3O4S/c1-18(12-13-6-4-3-5-7-13)24(22,23)17-11-15-9-8-14(19(15)2)10-16(20)21/h3-7,14-15,17H,8-12H2,1-2H3,(H,20,21)/t14-,15+/m1/s1. The lowest BCUT2D eigenvalue weighted by Crippen LogP contribution is -2.45. The molecule has 0 bridgehead atoms. The van der Waals surface area contributed by atoms with Crippen LogP contribution in [0.2, 0.25) is 0 Å². The molecular formula is C16H25N3O4S. The molecule has 2 rings (SSSR count). The van der Waals surface area contributed by atoms with Gasteiger partial charge < -0.3 is 5.11 Å². The van der Waals surface area contributed by atoms with Gasteiger partial charge in [0.2, 0.25) is 0 Å². The second kappa shape index (κ2) is 8.06. The molecule has 0 aliphatic carbocycles. The predicted octanol–water partition coefficient (Wildman–Crippen LogP) is 0.890. The van der Waals surface area contributed by atoms with Crippen molar-refractivity contribution in [2.75, 3.05) is 20.6 Å². The fourth-order valence-electron chi connectivity index (χ4n) is 3.02. The largest absolute Gasteiger partial charge is 0.481 e. The van der Waals surface area contributed by atoms with E-state index in [1.54, 1.807) is 7.05 Å². The van der Waals surface area contributed by atoms with Crippen LogP contribution < -0.4 is 4.72 Å². The van der Waals surface area contributed by atoms with Gasteiger partial charge in [-0.1, -0.05) is 30.3 Å². The zero-order valence-corrected chi connectivity index (χ0v) is 14.9. The van der Waals surface area contributed by atoms with Gasteiger partial charge in [0.25, 0.3) is 10.2 Å².